The zero-order valence-electron chi connectivity index (χ0n) is 10.7. The standard InChI is InChI=1S/C12H18N4S/c1-7-9-10(15(4)14-7)16(11(17)13-9)12(2,3)8-5-6-8/h8H,5-6H2,1-4H3,(H,13,17). The van der Waals surface area contributed by atoms with Crippen LogP contribution in [0.5, 0.6) is 0 Å². The number of aromatic nitrogens is 4. The lowest BCUT2D eigenvalue weighted by molar-refractivity contribution is 0.306. The zero-order valence-corrected chi connectivity index (χ0v) is 11.6. The smallest absolute Gasteiger partial charge is 0.179 e. The Morgan fingerprint density at radius 3 is 2.65 bits per heavy atom. The third-order valence-electron chi connectivity index (χ3n) is 3.99. The van der Waals surface area contributed by atoms with Crippen molar-refractivity contribution in [1.82, 2.24) is 19.3 Å². The first kappa shape index (κ1) is 11.0. The minimum absolute atomic E-state index is 0.0789. The summed E-state index contributed by atoms with van der Waals surface area (Å²) in [6, 6.07) is 0. The Bertz CT molecular complexity index is 639. The average molecular weight is 250 g/mol. The molecule has 17 heavy (non-hydrogen) atoms. The van der Waals surface area contributed by atoms with Crippen LogP contribution in [0.4, 0.5) is 0 Å². The van der Waals surface area contributed by atoms with Gasteiger partial charge in [-0.15, -0.1) is 0 Å². The van der Waals surface area contributed by atoms with Gasteiger partial charge in [0.1, 0.15) is 5.52 Å². The summed E-state index contributed by atoms with van der Waals surface area (Å²) in [4.78, 5) is 3.30. The van der Waals surface area contributed by atoms with Crippen molar-refractivity contribution in [2.45, 2.75) is 39.2 Å². The van der Waals surface area contributed by atoms with Gasteiger partial charge in [0.05, 0.1) is 5.69 Å². The first-order valence-corrected chi connectivity index (χ1v) is 6.48. The molecule has 0 atom stereocenters. The molecule has 0 spiro atoms. The summed E-state index contributed by atoms with van der Waals surface area (Å²) in [5.74, 6) is 0.739. The van der Waals surface area contributed by atoms with Crippen molar-refractivity contribution < 1.29 is 0 Å². The minimum atomic E-state index is 0.0789. The number of rotatable bonds is 2. The van der Waals surface area contributed by atoms with Gasteiger partial charge in [-0.2, -0.15) is 5.10 Å². The van der Waals surface area contributed by atoms with E-state index in [0.717, 1.165) is 27.5 Å². The molecule has 1 N–H and O–H groups in total. The van der Waals surface area contributed by atoms with E-state index in [1.165, 1.54) is 12.8 Å². The van der Waals surface area contributed by atoms with Gasteiger partial charge in [-0.1, -0.05) is 0 Å². The minimum Gasteiger partial charge on any atom is -0.328 e. The van der Waals surface area contributed by atoms with E-state index in [0.29, 0.717) is 0 Å². The van der Waals surface area contributed by atoms with Gasteiger partial charge in [0.15, 0.2) is 10.4 Å². The van der Waals surface area contributed by atoms with Crippen LogP contribution >= 0.6 is 12.2 Å². The largest absolute Gasteiger partial charge is 0.328 e. The molecule has 92 valence electrons. The molecule has 0 unspecified atom stereocenters. The molecule has 1 fully saturated rings. The van der Waals surface area contributed by atoms with Crippen molar-refractivity contribution in [1.29, 1.82) is 0 Å². The van der Waals surface area contributed by atoms with Crippen LogP contribution < -0.4 is 0 Å². The molecule has 0 aliphatic heterocycles. The Balaban J connectivity index is 2.35. The van der Waals surface area contributed by atoms with Crippen LogP contribution in [-0.2, 0) is 12.6 Å². The van der Waals surface area contributed by atoms with Gasteiger partial charge in [0.25, 0.3) is 0 Å². The zero-order chi connectivity index (χ0) is 12.4. The molecule has 3 rings (SSSR count). The summed E-state index contributed by atoms with van der Waals surface area (Å²) in [6.45, 7) is 6.56. The van der Waals surface area contributed by atoms with Gasteiger partial charge in [0.2, 0.25) is 0 Å². The van der Waals surface area contributed by atoms with E-state index in [4.69, 9.17) is 12.2 Å². The Kier molecular flexibility index (Phi) is 2.09. The topological polar surface area (TPSA) is 38.5 Å². The molecular formula is C12H18N4S. The van der Waals surface area contributed by atoms with E-state index >= 15 is 0 Å². The number of nitrogens with zero attached hydrogens (tertiary/aromatic N) is 3. The average Bonchev–Trinajstić information content (AvgIpc) is 2.97. The lowest BCUT2D eigenvalue weighted by atomic mass is 9.98. The van der Waals surface area contributed by atoms with Crippen molar-refractivity contribution in [3.05, 3.63) is 10.5 Å². The molecule has 0 aromatic carbocycles. The Morgan fingerprint density at radius 2 is 2.06 bits per heavy atom. The predicted molar refractivity (Wildman–Crippen MR) is 70.7 cm³/mol. The summed E-state index contributed by atoms with van der Waals surface area (Å²) >= 11 is 5.49. The Hall–Kier alpha value is -1.10. The molecule has 2 aromatic rings. The van der Waals surface area contributed by atoms with E-state index in [2.05, 4.69) is 28.5 Å². The molecule has 0 saturated heterocycles. The van der Waals surface area contributed by atoms with Crippen LogP contribution in [0.25, 0.3) is 11.2 Å². The maximum absolute atomic E-state index is 5.49. The van der Waals surface area contributed by atoms with E-state index in [9.17, 15) is 0 Å². The molecule has 2 aromatic heterocycles. The Labute approximate surface area is 106 Å². The third kappa shape index (κ3) is 1.41. The number of imidazole rings is 1. The summed E-state index contributed by atoms with van der Waals surface area (Å²) in [7, 11) is 1.98. The summed E-state index contributed by atoms with van der Waals surface area (Å²) in [5, 5.41) is 4.46. The number of fused-ring (bicyclic) bond motifs is 1. The lowest BCUT2D eigenvalue weighted by Gasteiger charge is -2.27. The van der Waals surface area contributed by atoms with Gasteiger partial charge in [-0.05, 0) is 51.7 Å². The third-order valence-corrected chi connectivity index (χ3v) is 4.28. The van der Waals surface area contributed by atoms with E-state index in [1.807, 2.05) is 18.7 Å². The van der Waals surface area contributed by atoms with Gasteiger partial charge < -0.3 is 4.98 Å². The SMILES string of the molecule is Cc1nn(C)c2c1[nH]c(=S)n2C(C)(C)C1CC1. The Morgan fingerprint density at radius 1 is 1.41 bits per heavy atom. The van der Waals surface area contributed by atoms with E-state index < -0.39 is 0 Å². The molecule has 5 heteroatoms. The molecule has 1 aliphatic rings. The number of hydrogen-bond acceptors (Lipinski definition) is 2. The molecular weight excluding hydrogens is 232 g/mol. The van der Waals surface area contributed by atoms with Crippen molar-refractivity contribution >= 4 is 23.4 Å². The van der Waals surface area contributed by atoms with Crippen molar-refractivity contribution in [2.24, 2.45) is 13.0 Å². The second kappa shape index (κ2) is 3.22. The summed E-state index contributed by atoms with van der Waals surface area (Å²) in [5.41, 5.74) is 3.28. The highest BCUT2D eigenvalue weighted by Crippen LogP contribution is 2.45. The molecule has 2 heterocycles. The van der Waals surface area contributed by atoms with Crippen molar-refractivity contribution in [3.8, 4) is 0 Å². The van der Waals surface area contributed by atoms with Gasteiger partial charge in [-0.25, -0.2) is 0 Å². The first-order chi connectivity index (χ1) is 7.93. The number of aryl methyl sites for hydroxylation is 2. The van der Waals surface area contributed by atoms with E-state index in [-0.39, 0.29) is 5.54 Å². The summed E-state index contributed by atoms with van der Waals surface area (Å²) < 4.78 is 4.99. The predicted octanol–water partition coefficient (Wildman–Crippen LogP) is 2.89. The molecule has 1 aliphatic carbocycles. The van der Waals surface area contributed by atoms with Crippen LogP contribution in [0.1, 0.15) is 32.4 Å². The lowest BCUT2D eigenvalue weighted by Crippen LogP contribution is -2.29. The molecule has 4 nitrogen and oxygen atoms in total. The highest BCUT2D eigenvalue weighted by atomic mass is 32.1. The van der Waals surface area contributed by atoms with Gasteiger partial charge >= 0.3 is 0 Å². The van der Waals surface area contributed by atoms with Crippen LogP contribution in [0.2, 0.25) is 0 Å². The number of hydrogen-bond donors (Lipinski definition) is 1. The van der Waals surface area contributed by atoms with E-state index in [1.54, 1.807) is 0 Å². The number of nitrogens with one attached hydrogen (secondary N) is 1. The molecule has 0 bridgehead atoms. The summed E-state index contributed by atoms with van der Waals surface area (Å²) in [6.07, 6.45) is 2.61. The second-order valence-electron chi connectivity index (χ2n) is 5.60. The number of aromatic amines is 1. The van der Waals surface area contributed by atoms with Gasteiger partial charge in [-0.3, -0.25) is 9.25 Å². The maximum atomic E-state index is 5.49. The van der Waals surface area contributed by atoms with Crippen LogP contribution in [-0.4, -0.2) is 19.3 Å². The molecule has 0 radical (unpaired) electrons. The van der Waals surface area contributed by atoms with Crippen molar-refractivity contribution in [3.63, 3.8) is 0 Å². The monoisotopic (exact) mass is 250 g/mol. The molecule has 0 amide bonds. The molecule has 1 saturated carbocycles. The quantitative estimate of drug-likeness (QED) is 0.832. The second-order valence-corrected chi connectivity index (χ2v) is 5.99. The highest BCUT2D eigenvalue weighted by molar-refractivity contribution is 7.71. The van der Waals surface area contributed by atoms with Crippen LogP contribution in [0.15, 0.2) is 0 Å². The highest BCUT2D eigenvalue weighted by Gasteiger charge is 2.41. The van der Waals surface area contributed by atoms with Crippen molar-refractivity contribution in [2.75, 3.05) is 0 Å². The fourth-order valence-corrected chi connectivity index (χ4v) is 3.24. The van der Waals surface area contributed by atoms with Crippen LogP contribution in [0, 0.1) is 17.6 Å². The normalized spacial score (nSPS) is 16.9. The van der Waals surface area contributed by atoms with Gasteiger partial charge in [0, 0.05) is 12.6 Å². The fraction of sp³-hybridized carbons (Fsp3) is 0.667. The number of H-pyrrole nitrogens is 1. The fourth-order valence-electron chi connectivity index (χ4n) is 2.81. The first-order valence-electron chi connectivity index (χ1n) is 6.07. The van der Waals surface area contributed by atoms with Crippen LogP contribution in [0.3, 0.4) is 0 Å². The maximum Gasteiger partial charge on any atom is 0.179 e.